The van der Waals surface area contributed by atoms with Gasteiger partial charge in [0, 0.05) is 36.1 Å². The Balaban J connectivity index is 1.60. The van der Waals surface area contributed by atoms with E-state index in [1.807, 2.05) is 29.2 Å². The molecule has 1 aromatic carbocycles. The third-order valence-electron chi connectivity index (χ3n) is 4.38. The highest BCUT2D eigenvalue weighted by Crippen LogP contribution is 2.21. The monoisotopic (exact) mass is 330 g/mol. The lowest BCUT2D eigenvalue weighted by atomic mass is 10.0. The standard InChI is InChI=1S/C17H22N4O3/c1-24-13-3-2-11-8-15(20-14(11)9-13)17(23)19-12-4-6-21(7-5-12)10-16(18)22/h2-3,8-9,12,20H,4-7,10H2,1H3,(H2,18,22)(H,19,23). The minimum absolute atomic E-state index is 0.112. The predicted molar refractivity (Wildman–Crippen MR) is 91.0 cm³/mol. The molecule has 1 saturated heterocycles. The molecular formula is C17H22N4O3. The van der Waals surface area contributed by atoms with Gasteiger partial charge in [0.1, 0.15) is 11.4 Å². The van der Waals surface area contributed by atoms with Crippen LogP contribution in [0.25, 0.3) is 10.9 Å². The number of rotatable bonds is 5. The van der Waals surface area contributed by atoms with E-state index in [0.717, 1.165) is 42.6 Å². The van der Waals surface area contributed by atoms with Crippen molar-refractivity contribution in [2.24, 2.45) is 5.73 Å². The van der Waals surface area contributed by atoms with Gasteiger partial charge < -0.3 is 20.8 Å². The van der Waals surface area contributed by atoms with E-state index in [-0.39, 0.29) is 24.4 Å². The van der Waals surface area contributed by atoms with Crippen LogP contribution in [-0.4, -0.2) is 54.5 Å². The predicted octanol–water partition coefficient (Wildman–Crippen LogP) is 0.856. The molecule has 1 aliphatic rings. The van der Waals surface area contributed by atoms with E-state index in [9.17, 15) is 9.59 Å². The fraction of sp³-hybridized carbons (Fsp3) is 0.412. The number of hydrogen-bond donors (Lipinski definition) is 3. The molecule has 1 fully saturated rings. The molecule has 2 aromatic rings. The number of ether oxygens (including phenoxy) is 1. The maximum atomic E-state index is 12.4. The molecule has 7 heteroatoms. The van der Waals surface area contributed by atoms with Gasteiger partial charge in [-0.15, -0.1) is 0 Å². The number of piperidine rings is 1. The van der Waals surface area contributed by atoms with Gasteiger partial charge in [0.25, 0.3) is 5.91 Å². The summed E-state index contributed by atoms with van der Waals surface area (Å²) in [6.45, 7) is 1.81. The Hall–Kier alpha value is -2.54. The third kappa shape index (κ3) is 3.68. The number of aromatic nitrogens is 1. The lowest BCUT2D eigenvalue weighted by Gasteiger charge is -2.31. The zero-order valence-electron chi connectivity index (χ0n) is 13.7. The Morgan fingerprint density at radius 2 is 2.08 bits per heavy atom. The average molecular weight is 330 g/mol. The Labute approximate surface area is 140 Å². The van der Waals surface area contributed by atoms with Crippen molar-refractivity contribution in [1.82, 2.24) is 15.2 Å². The molecule has 0 bridgehead atoms. The van der Waals surface area contributed by atoms with Gasteiger partial charge in [0.15, 0.2) is 0 Å². The fourth-order valence-corrected chi connectivity index (χ4v) is 3.07. The number of fused-ring (bicyclic) bond motifs is 1. The van der Waals surface area contributed by atoms with Crippen LogP contribution in [0, 0.1) is 0 Å². The van der Waals surface area contributed by atoms with E-state index in [1.165, 1.54) is 0 Å². The van der Waals surface area contributed by atoms with Crippen molar-refractivity contribution in [2.75, 3.05) is 26.7 Å². The van der Waals surface area contributed by atoms with Crippen LogP contribution < -0.4 is 15.8 Å². The quantitative estimate of drug-likeness (QED) is 0.757. The van der Waals surface area contributed by atoms with Gasteiger partial charge in [-0.1, -0.05) is 0 Å². The number of hydrogen-bond acceptors (Lipinski definition) is 4. The van der Waals surface area contributed by atoms with Crippen LogP contribution in [0.15, 0.2) is 24.3 Å². The average Bonchev–Trinajstić information content (AvgIpc) is 2.99. The molecular weight excluding hydrogens is 308 g/mol. The first-order chi connectivity index (χ1) is 11.5. The van der Waals surface area contributed by atoms with Gasteiger partial charge in [0.05, 0.1) is 13.7 Å². The maximum absolute atomic E-state index is 12.4. The molecule has 4 N–H and O–H groups in total. The second-order valence-corrected chi connectivity index (χ2v) is 6.13. The van der Waals surface area contributed by atoms with Crippen molar-refractivity contribution < 1.29 is 14.3 Å². The highest BCUT2D eigenvalue weighted by atomic mass is 16.5. The van der Waals surface area contributed by atoms with Gasteiger partial charge in [-0.05, 0) is 31.0 Å². The number of primary amides is 1. The van der Waals surface area contributed by atoms with Crippen LogP contribution in [0.4, 0.5) is 0 Å². The summed E-state index contributed by atoms with van der Waals surface area (Å²) >= 11 is 0. The van der Waals surface area contributed by atoms with Crippen LogP contribution in [-0.2, 0) is 4.79 Å². The number of likely N-dealkylation sites (tertiary alicyclic amines) is 1. The first-order valence-electron chi connectivity index (χ1n) is 8.03. The summed E-state index contributed by atoms with van der Waals surface area (Å²) in [5, 5.41) is 4.02. The second-order valence-electron chi connectivity index (χ2n) is 6.13. The topological polar surface area (TPSA) is 100 Å². The van der Waals surface area contributed by atoms with Crippen LogP contribution in [0.2, 0.25) is 0 Å². The molecule has 128 valence electrons. The van der Waals surface area contributed by atoms with Crippen molar-refractivity contribution in [3.05, 3.63) is 30.0 Å². The van der Waals surface area contributed by atoms with Crippen molar-refractivity contribution in [1.29, 1.82) is 0 Å². The van der Waals surface area contributed by atoms with Gasteiger partial charge in [-0.25, -0.2) is 0 Å². The van der Waals surface area contributed by atoms with Crippen LogP contribution in [0.1, 0.15) is 23.3 Å². The van der Waals surface area contributed by atoms with Gasteiger partial charge >= 0.3 is 0 Å². The number of amides is 2. The summed E-state index contributed by atoms with van der Waals surface area (Å²) in [4.78, 5) is 28.5. The highest BCUT2D eigenvalue weighted by Gasteiger charge is 2.22. The molecule has 3 rings (SSSR count). The molecule has 0 radical (unpaired) electrons. The summed E-state index contributed by atoms with van der Waals surface area (Å²) in [6, 6.07) is 7.61. The molecule has 0 saturated carbocycles. The SMILES string of the molecule is COc1ccc2cc(C(=O)NC3CCN(CC(N)=O)CC3)[nH]c2c1. The van der Waals surface area contributed by atoms with E-state index in [1.54, 1.807) is 7.11 Å². The van der Waals surface area contributed by atoms with Crippen LogP contribution in [0.5, 0.6) is 5.75 Å². The molecule has 1 aliphatic heterocycles. The molecule has 0 unspecified atom stereocenters. The Bertz CT molecular complexity index is 747. The number of nitrogens with one attached hydrogen (secondary N) is 2. The van der Waals surface area contributed by atoms with Crippen LogP contribution in [0.3, 0.4) is 0 Å². The molecule has 1 aromatic heterocycles. The second kappa shape index (κ2) is 6.92. The minimum atomic E-state index is -0.314. The van der Waals surface area contributed by atoms with E-state index in [0.29, 0.717) is 5.69 Å². The van der Waals surface area contributed by atoms with Crippen molar-refractivity contribution in [3.63, 3.8) is 0 Å². The Morgan fingerprint density at radius 1 is 1.33 bits per heavy atom. The maximum Gasteiger partial charge on any atom is 0.267 e. The number of methoxy groups -OCH3 is 1. The summed E-state index contributed by atoms with van der Waals surface area (Å²) in [5.41, 5.74) is 6.62. The van der Waals surface area contributed by atoms with Crippen LogP contribution >= 0.6 is 0 Å². The van der Waals surface area contributed by atoms with Crippen molar-refractivity contribution >= 4 is 22.7 Å². The highest BCUT2D eigenvalue weighted by molar-refractivity contribution is 5.98. The molecule has 2 heterocycles. The van der Waals surface area contributed by atoms with E-state index < -0.39 is 0 Å². The number of carbonyl (C=O) groups is 2. The molecule has 0 aliphatic carbocycles. The van der Waals surface area contributed by atoms with E-state index >= 15 is 0 Å². The van der Waals surface area contributed by atoms with Crippen molar-refractivity contribution in [3.8, 4) is 5.75 Å². The van der Waals surface area contributed by atoms with E-state index in [4.69, 9.17) is 10.5 Å². The zero-order chi connectivity index (χ0) is 17.1. The molecule has 2 amide bonds. The minimum Gasteiger partial charge on any atom is -0.497 e. The number of benzene rings is 1. The lowest BCUT2D eigenvalue weighted by molar-refractivity contribution is -0.119. The Morgan fingerprint density at radius 3 is 2.75 bits per heavy atom. The lowest BCUT2D eigenvalue weighted by Crippen LogP contribution is -2.46. The number of nitrogens with two attached hydrogens (primary N) is 1. The summed E-state index contributed by atoms with van der Waals surface area (Å²) in [5.74, 6) is 0.322. The Kier molecular flexibility index (Phi) is 4.71. The largest absolute Gasteiger partial charge is 0.497 e. The van der Waals surface area contributed by atoms with Crippen molar-refractivity contribution in [2.45, 2.75) is 18.9 Å². The first kappa shape index (κ1) is 16.3. The number of nitrogens with zero attached hydrogens (tertiary/aromatic N) is 1. The fourth-order valence-electron chi connectivity index (χ4n) is 3.07. The summed E-state index contributed by atoms with van der Waals surface area (Å²) < 4.78 is 5.19. The molecule has 0 spiro atoms. The summed E-state index contributed by atoms with van der Waals surface area (Å²) in [7, 11) is 1.61. The van der Waals surface area contributed by atoms with E-state index in [2.05, 4.69) is 10.3 Å². The zero-order valence-corrected chi connectivity index (χ0v) is 13.7. The molecule has 24 heavy (non-hydrogen) atoms. The first-order valence-corrected chi connectivity index (χ1v) is 8.03. The number of carbonyl (C=O) groups excluding carboxylic acids is 2. The number of aromatic amines is 1. The summed E-state index contributed by atoms with van der Waals surface area (Å²) in [6.07, 6.45) is 1.63. The third-order valence-corrected chi connectivity index (χ3v) is 4.38. The normalized spacial score (nSPS) is 16.2. The van der Waals surface area contributed by atoms with Gasteiger partial charge in [-0.2, -0.15) is 0 Å². The number of H-pyrrole nitrogens is 1. The molecule has 0 atom stereocenters. The van der Waals surface area contributed by atoms with Gasteiger partial charge in [-0.3, -0.25) is 14.5 Å². The molecule has 7 nitrogen and oxygen atoms in total. The smallest absolute Gasteiger partial charge is 0.267 e. The van der Waals surface area contributed by atoms with Gasteiger partial charge in [0.2, 0.25) is 5.91 Å².